The van der Waals surface area contributed by atoms with Gasteiger partial charge in [0.25, 0.3) is 12.4 Å². The van der Waals surface area contributed by atoms with E-state index in [2.05, 4.69) is 0 Å². The minimum absolute atomic E-state index is 0.0905. The molecule has 1 atom stereocenters. The standard InChI is InChI=1S/C19H25FN2O4.CH2O2/c1-21(2)12-16-11-19(18(24)26-16)4-6-22(7-5-19)17(23)13-8-14(20)10-15(9-13)25-3;2-1-3/h8-10,16H,4-7,11-12H2,1-3H3;1H,(H,2,3). The number of rotatable bonds is 4. The molecule has 0 bridgehead atoms. The summed E-state index contributed by atoms with van der Waals surface area (Å²) in [6.07, 6.45) is 1.76. The van der Waals surface area contributed by atoms with Crippen molar-refractivity contribution in [2.24, 2.45) is 5.41 Å². The van der Waals surface area contributed by atoms with Crippen LogP contribution in [0.4, 0.5) is 4.39 Å². The Balaban J connectivity index is 0.000000941. The highest BCUT2D eigenvalue weighted by molar-refractivity contribution is 5.95. The van der Waals surface area contributed by atoms with E-state index >= 15 is 0 Å². The van der Waals surface area contributed by atoms with Gasteiger partial charge in [0.1, 0.15) is 17.7 Å². The molecule has 8 nitrogen and oxygen atoms in total. The molecule has 1 aromatic rings. The van der Waals surface area contributed by atoms with Crippen LogP contribution in [0.3, 0.4) is 0 Å². The van der Waals surface area contributed by atoms with E-state index in [9.17, 15) is 14.0 Å². The van der Waals surface area contributed by atoms with Crippen LogP contribution in [0.5, 0.6) is 5.75 Å². The van der Waals surface area contributed by atoms with Gasteiger partial charge in [-0.2, -0.15) is 0 Å². The Morgan fingerprint density at radius 3 is 2.55 bits per heavy atom. The van der Waals surface area contributed by atoms with Crippen LogP contribution in [0, 0.1) is 11.2 Å². The Bertz CT molecular complexity index is 746. The first-order valence-corrected chi connectivity index (χ1v) is 9.32. The molecule has 2 saturated heterocycles. The number of carbonyl (C=O) groups is 3. The maximum absolute atomic E-state index is 13.7. The molecule has 29 heavy (non-hydrogen) atoms. The summed E-state index contributed by atoms with van der Waals surface area (Å²) >= 11 is 0. The number of methoxy groups -OCH3 is 1. The summed E-state index contributed by atoms with van der Waals surface area (Å²) in [5, 5.41) is 6.89. The lowest BCUT2D eigenvalue weighted by Gasteiger charge is -2.36. The fourth-order valence-electron chi connectivity index (χ4n) is 3.88. The normalized spacial score (nSPS) is 20.1. The summed E-state index contributed by atoms with van der Waals surface area (Å²) in [7, 11) is 5.34. The Hall–Kier alpha value is -2.68. The van der Waals surface area contributed by atoms with Crippen LogP contribution < -0.4 is 4.74 Å². The molecule has 0 aromatic heterocycles. The number of cyclic esters (lactones) is 1. The average molecular weight is 410 g/mol. The third kappa shape index (κ3) is 5.44. The van der Waals surface area contributed by atoms with E-state index in [1.54, 1.807) is 4.90 Å². The molecular weight excluding hydrogens is 383 g/mol. The quantitative estimate of drug-likeness (QED) is 0.595. The predicted octanol–water partition coefficient (Wildman–Crippen LogP) is 1.63. The van der Waals surface area contributed by atoms with Crippen molar-refractivity contribution in [2.75, 3.05) is 40.8 Å². The summed E-state index contributed by atoms with van der Waals surface area (Å²) in [5.74, 6) is -0.586. The molecule has 0 aliphatic carbocycles. The van der Waals surface area contributed by atoms with Gasteiger partial charge in [-0.1, -0.05) is 0 Å². The van der Waals surface area contributed by atoms with Gasteiger partial charge >= 0.3 is 5.97 Å². The maximum atomic E-state index is 13.7. The van der Waals surface area contributed by atoms with Gasteiger partial charge in [0, 0.05) is 37.7 Å². The number of benzene rings is 1. The summed E-state index contributed by atoms with van der Waals surface area (Å²) in [6, 6.07) is 3.99. The number of amides is 1. The molecule has 160 valence electrons. The average Bonchev–Trinajstić information content (AvgIpc) is 2.95. The van der Waals surface area contributed by atoms with E-state index in [1.807, 2.05) is 19.0 Å². The van der Waals surface area contributed by atoms with Crippen molar-refractivity contribution in [3.63, 3.8) is 0 Å². The zero-order chi connectivity index (χ0) is 21.6. The number of halogens is 1. The number of carboxylic acid groups (broad SMARTS) is 1. The number of hydrogen-bond acceptors (Lipinski definition) is 6. The molecule has 0 saturated carbocycles. The maximum Gasteiger partial charge on any atom is 0.312 e. The second-order valence-electron chi connectivity index (χ2n) is 7.55. The number of likely N-dealkylation sites (N-methyl/N-ethyl adjacent to an activating group) is 1. The lowest BCUT2D eigenvalue weighted by atomic mass is 9.76. The molecule has 9 heteroatoms. The summed E-state index contributed by atoms with van der Waals surface area (Å²) in [4.78, 5) is 37.1. The number of likely N-dealkylation sites (tertiary alicyclic amines) is 1. The number of nitrogens with zero attached hydrogens (tertiary/aromatic N) is 2. The van der Waals surface area contributed by atoms with E-state index in [0.29, 0.717) is 44.6 Å². The van der Waals surface area contributed by atoms with Crippen LogP contribution in [0.15, 0.2) is 18.2 Å². The fraction of sp³-hybridized carbons (Fsp3) is 0.550. The van der Waals surface area contributed by atoms with Crippen molar-refractivity contribution < 1.29 is 33.4 Å². The first-order valence-electron chi connectivity index (χ1n) is 9.32. The Labute approximate surface area is 169 Å². The van der Waals surface area contributed by atoms with Crippen LogP contribution >= 0.6 is 0 Å². The monoisotopic (exact) mass is 410 g/mol. The summed E-state index contributed by atoms with van der Waals surface area (Å²) in [6.45, 7) is 1.38. The molecule has 2 aliphatic heterocycles. The molecule has 3 rings (SSSR count). The highest BCUT2D eigenvalue weighted by Crippen LogP contribution is 2.43. The molecule has 0 radical (unpaired) electrons. The third-order valence-corrected chi connectivity index (χ3v) is 5.26. The van der Waals surface area contributed by atoms with Crippen molar-refractivity contribution in [2.45, 2.75) is 25.4 Å². The zero-order valence-corrected chi connectivity index (χ0v) is 16.9. The van der Waals surface area contributed by atoms with Gasteiger partial charge in [0.15, 0.2) is 0 Å². The van der Waals surface area contributed by atoms with Gasteiger partial charge in [-0.05, 0) is 39.1 Å². The van der Waals surface area contributed by atoms with Crippen LogP contribution in [0.1, 0.15) is 29.6 Å². The lowest BCUT2D eigenvalue weighted by molar-refractivity contribution is -0.150. The number of esters is 1. The number of hydrogen-bond donors (Lipinski definition) is 1. The minimum atomic E-state index is -0.507. The Morgan fingerprint density at radius 1 is 1.38 bits per heavy atom. The molecule has 1 spiro atoms. The Kier molecular flexibility index (Phi) is 7.55. The molecule has 1 N–H and O–H groups in total. The number of carbonyl (C=O) groups excluding carboxylic acids is 2. The van der Waals surface area contributed by atoms with Gasteiger partial charge in [-0.15, -0.1) is 0 Å². The second-order valence-corrected chi connectivity index (χ2v) is 7.55. The van der Waals surface area contributed by atoms with Crippen LogP contribution in [0.2, 0.25) is 0 Å². The Morgan fingerprint density at radius 2 is 2.00 bits per heavy atom. The first kappa shape index (κ1) is 22.6. The predicted molar refractivity (Wildman–Crippen MR) is 102 cm³/mol. The third-order valence-electron chi connectivity index (χ3n) is 5.26. The highest BCUT2D eigenvalue weighted by Gasteiger charge is 2.50. The summed E-state index contributed by atoms with van der Waals surface area (Å²) in [5.41, 5.74) is -0.228. The van der Waals surface area contributed by atoms with Crippen molar-refractivity contribution in [3.8, 4) is 5.75 Å². The van der Waals surface area contributed by atoms with E-state index in [0.717, 1.165) is 0 Å². The fourth-order valence-corrected chi connectivity index (χ4v) is 3.88. The van der Waals surface area contributed by atoms with Crippen LogP contribution in [-0.4, -0.2) is 80.2 Å². The molecule has 1 unspecified atom stereocenters. The van der Waals surface area contributed by atoms with E-state index in [1.165, 1.54) is 25.3 Å². The van der Waals surface area contributed by atoms with E-state index < -0.39 is 11.2 Å². The minimum Gasteiger partial charge on any atom is -0.497 e. The zero-order valence-electron chi connectivity index (χ0n) is 16.9. The molecule has 2 fully saturated rings. The smallest absolute Gasteiger partial charge is 0.312 e. The van der Waals surface area contributed by atoms with E-state index in [4.69, 9.17) is 19.4 Å². The first-order chi connectivity index (χ1) is 13.7. The van der Waals surface area contributed by atoms with Gasteiger partial charge < -0.3 is 24.4 Å². The van der Waals surface area contributed by atoms with Gasteiger partial charge in [-0.3, -0.25) is 14.4 Å². The lowest BCUT2D eigenvalue weighted by Crippen LogP contribution is -2.45. The van der Waals surface area contributed by atoms with Gasteiger partial charge in [0.05, 0.1) is 12.5 Å². The van der Waals surface area contributed by atoms with Gasteiger partial charge in [-0.25, -0.2) is 4.39 Å². The molecule has 1 aromatic carbocycles. The highest BCUT2D eigenvalue weighted by atomic mass is 19.1. The van der Waals surface area contributed by atoms with Crippen LogP contribution in [0.25, 0.3) is 0 Å². The molecule has 2 heterocycles. The van der Waals surface area contributed by atoms with Crippen LogP contribution in [-0.2, 0) is 14.3 Å². The topological polar surface area (TPSA) is 96.4 Å². The number of ether oxygens (including phenoxy) is 2. The largest absolute Gasteiger partial charge is 0.497 e. The van der Waals surface area contributed by atoms with E-state index in [-0.39, 0.29) is 30.0 Å². The second kappa shape index (κ2) is 9.69. The van der Waals surface area contributed by atoms with Crippen molar-refractivity contribution in [1.29, 1.82) is 0 Å². The van der Waals surface area contributed by atoms with Crippen molar-refractivity contribution in [1.82, 2.24) is 9.80 Å². The number of piperidine rings is 1. The van der Waals surface area contributed by atoms with Gasteiger partial charge in [0.2, 0.25) is 0 Å². The molecule has 1 amide bonds. The molecule has 2 aliphatic rings. The summed E-state index contributed by atoms with van der Waals surface area (Å²) < 4.78 is 24.2. The van der Waals surface area contributed by atoms with Crippen molar-refractivity contribution >= 4 is 18.3 Å². The SMILES string of the molecule is COc1cc(F)cc(C(=O)N2CCC3(CC2)CC(CN(C)C)OC3=O)c1.O=CO. The van der Waals surface area contributed by atoms with Crippen molar-refractivity contribution in [3.05, 3.63) is 29.6 Å². The molecular formula is C20H27FN2O6.